The van der Waals surface area contributed by atoms with Crippen molar-refractivity contribution in [1.82, 2.24) is 0 Å². The minimum atomic E-state index is -0.913. The summed E-state index contributed by atoms with van der Waals surface area (Å²) in [5.74, 6) is -0.913. The van der Waals surface area contributed by atoms with Gasteiger partial charge < -0.3 is 10.8 Å². The van der Waals surface area contributed by atoms with Crippen molar-refractivity contribution in [2.24, 2.45) is 0 Å². The summed E-state index contributed by atoms with van der Waals surface area (Å²) in [5.41, 5.74) is 8.59. The van der Waals surface area contributed by atoms with Crippen molar-refractivity contribution in [3.63, 3.8) is 0 Å². The fourth-order valence-corrected chi connectivity index (χ4v) is 1.48. The van der Waals surface area contributed by atoms with E-state index in [0.29, 0.717) is 11.3 Å². The Morgan fingerprint density at radius 1 is 0.833 bits per heavy atom. The third-order valence-corrected chi connectivity index (χ3v) is 2.38. The minimum Gasteiger partial charge on any atom is -0.478 e. The van der Waals surface area contributed by atoms with Gasteiger partial charge in [0.15, 0.2) is 0 Å². The van der Waals surface area contributed by atoms with Gasteiger partial charge in [-0.05, 0) is 35.4 Å². The molecule has 96 valence electrons. The number of nitrogen functional groups attached to an aromatic ring is 1. The van der Waals surface area contributed by atoms with Crippen molar-refractivity contribution < 1.29 is 9.90 Å². The minimum absolute atomic E-state index is 0. The number of rotatable bonds is 2. The lowest BCUT2D eigenvalue weighted by Crippen LogP contribution is -1.94. The number of carbonyl (C=O) groups is 1. The fraction of sp³-hybridized carbons (Fsp3) is 0. The second-order valence-corrected chi connectivity index (χ2v) is 3.50. The number of carboxylic acid groups (broad SMARTS) is 1. The van der Waals surface area contributed by atoms with Gasteiger partial charge in [0.25, 0.3) is 0 Å². The highest BCUT2D eigenvalue weighted by Gasteiger charge is 2.02. The summed E-state index contributed by atoms with van der Waals surface area (Å²) in [6, 6.07) is 14.2. The van der Waals surface area contributed by atoms with Gasteiger partial charge in [-0.15, -0.1) is 24.8 Å². The first-order valence-corrected chi connectivity index (χ1v) is 4.86. The topological polar surface area (TPSA) is 63.3 Å². The fourth-order valence-electron chi connectivity index (χ4n) is 1.48. The highest BCUT2D eigenvalue weighted by atomic mass is 35.5. The predicted molar refractivity (Wildman–Crippen MR) is 77.7 cm³/mol. The smallest absolute Gasteiger partial charge is 0.335 e. The first-order chi connectivity index (χ1) is 7.66. The van der Waals surface area contributed by atoms with Gasteiger partial charge in [-0.1, -0.05) is 24.3 Å². The molecular formula is C13H13Cl2NO2. The van der Waals surface area contributed by atoms with Crippen LogP contribution in [-0.4, -0.2) is 11.1 Å². The van der Waals surface area contributed by atoms with E-state index in [1.54, 1.807) is 24.3 Å². The third kappa shape index (κ3) is 3.65. The van der Waals surface area contributed by atoms with Crippen molar-refractivity contribution >= 4 is 36.5 Å². The molecule has 0 amide bonds. The van der Waals surface area contributed by atoms with E-state index in [4.69, 9.17) is 10.8 Å². The average Bonchev–Trinajstić information content (AvgIpc) is 2.30. The zero-order valence-electron chi connectivity index (χ0n) is 9.37. The van der Waals surface area contributed by atoms with Gasteiger partial charge in [0.1, 0.15) is 0 Å². The van der Waals surface area contributed by atoms with E-state index in [9.17, 15) is 4.79 Å². The Bertz CT molecular complexity index is 510. The molecular weight excluding hydrogens is 273 g/mol. The summed E-state index contributed by atoms with van der Waals surface area (Å²) >= 11 is 0. The molecule has 3 nitrogen and oxygen atoms in total. The van der Waals surface area contributed by atoms with E-state index in [2.05, 4.69) is 0 Å². The van der Waals surface area contributed by atoms with Gasteiger partial charge in [0.2, 0.25) is 0 Å². The number of benzene rings is 2. The molecule has 2 rings (SSSR count). The maximum absolute atomic E-state index is 10.7. The van der Waals surface area contributed by atoms with Gasteiger partial charge >= 0.3 is 5.97 Å². The lowest BCUT2D eigenvalue weighted by molar-refractivity contribution is 0.0697. The molecule has 0 radical (unpaired) electrons. The van der Waals surface area contributed by atoms with Crippen LogP contribution in [0.3, 0.4) is 0 Å². The molecule has 0 unspecified atom stereocenters. The lowest BCUT2D eigenvalue weighted by Gasteiger charge is -2.02. The van der Waals surface area contributed by atoms with Crippen LogP contribution in [-0.2, 0) is 0 Å². The molecule has 0 saturated heterocycles. The number of aromatic carboxylic acids is 1. The van der Waals surface area contributed by atoms with Gasteiger partial charge in [-0.25, -0.2) is 4.79 Å². The van der Waals surface area contributed by atoms with Gasteiger partial charge in [0.05, 0.1) is 5.56 Å². The molecule has 0 saturated carbocycles. The molecule has 2 aromatic carbocycles. The Morgan fingerprint density at radius 3 is 1.61 bits per heavy atom. The third-order valence-electron chi connectivity index (χ3n) is 2.38. The Kier molecular flexibility index (Phi) is 6.23. The number of anilines is 1. The van der Waals surface area contributed by atoms with Crippen LogP contribution in [0.2, 0.25) is 0 Å². The second-order valence-electron chi connectivity index (χ2n) is 3.50. The van der Waals surface area contributed by atoms with Crippen molar-refractivity contribution in [2.45, 2.75) is 0 Å². The molecule has 0 aliphatic carbocycles. The standard InChI is InChI=1S/C13H11NO2.2ClH/c14-12-7-5-10(6-8-12)9-1-3-11(4-2-9)13(15)16;;/h1-8H,14H2,(H,15,16);2*1H. The van der Waals surface area contributed by atoms with Crippen molar-refractivity contribution in [3.05, 3.63) is 54.1 Å². The molecule has 0 aliphatic heterocycles. The number of nitrogens with two attached hydrogens (primary N) is 1. The van der Waals surface area contributed by atoms with E-state index < -0.39 is 5.97 Å². The summed E-state index contributed by atoms with van der Waals surface area (Å²) in [5, 5.41) is 8.77. The van der Waals surface area contributed by atoms with E-state index in [0.717, 1.165) is 11.1 Å². The Balaban J connectivity index is 0.00000144. The zero-order chi connectivity index (χ0) is 11.5. The maximum atomic E-state index is 10.7. The SMILES string of the molecule is Cl.Cl.Nc1ccc(-c2ccc(C(=O)O)cc2)cc1. The Hall–Kier alpha value is -1.71. The van der Waals surface area contributed by atoms with Crippen molar-refractivity contribution in [1.29, 1.82) is 0 Å². The van der Waals surface area contributed by atoms with Crippen LogP contribution in [0.15, 0.2) is 48.5 Å². The lowest BCUT2D eigenvalue weighted by atomic mass is 10.0. The van der Waals surface area contributed by atoms with E-state index in [-0.39, 0.29) is 24.8 Å². The normalized spacial score (nSPS) is 8.89. The van der Waals surface area contributed by atoms with Crippen LogP contribution in [0.5, 0.6) is 0 Å². The first kappa shape index (κ1) is 16.3. The van der Waals surface area contributed by atoms with Gasteiger partial charge in [-0.3, -0.25) is 0 Å². The molecule has 0 atom stereocenters. The molecule has 2 aromatic rings. The van der Waals surface area contributed by atoms with Gasteiger partial charge in [-0.2, -0.15) is 0 Å². The molecule has 0 bridgehead atoms. The highest BCUT2D eigenvalue weighted by molar-refractivity contribution is 5.88. The maximum Gasteiger partial charge on any atom is 0.335 e. The molecule has 3 N–H and O–H groups in total. The molecule has 0 aliphatic rings. The van der Waals surface area contributed by atoms with Crippen LogP contribution in [0.1, 0.15) is 10.4 Å². The molecule has 5 heteroatoms. The Labute approximate surface area is 117 Å². The number of halogens is 2. The number of hydrogen-bond acceptors (Lipinski definition) is 2. The van der Waals surface area contributed by atoms with Crippen LogP contribution >= 0.6 is 24.8 Å². The highest BCUT2D eigenvalue weighted by Crippen LogP contribution is 2.20. The number of hydrogen-bond donors (Lipinski definition) is 2. The molecule has 0 spiro atoms. The van der Waals surface area contributed by atoms with Crippen LogP contribution in [0, 0.1) is 0 Å². The first-order valence-electron chi connectivity index (χ1n) is 4.86. The largest absolute Gasteiger partial charge is 0.478 e. The van der Waals surface area contributed by atoms with Crippen molar-refractivity contribution in [3.8, 4) is 11.1 Å². The molecule has 0 fully saturated rings. The second kappa shape index (κ2) is 6.89. The average molecular weight is 286 g/mol. The molecule has 18 heavy (non-hydrogen) atoms. The summed E-state index contributed by atoms with van der Waals surface area (Å²) in [6.45, 7) is 0. The van der Waals surface area contributed by atoms with Crippen molar-refractivity contribution in [2.75, 3.05) is 5.73 Å². The summed E-state index contributed by atoms with van der Waals surface area (Å²) in [4.78, 5) is 10.7. The molecule has 0 aromatic heterocycles. The summed E-state index contributed by atoms with van der Waals surface area (Å²) < 4.78 is 0. The molecule has 0 heterocycles. The van der Waals surface area contributed by atoms with Crippen LogP contribution in [0.25, 0.3) is 11.1 Å². The van der Waals surface area contributed by atoms with Gasteiger partial charge in [0, 0.05) is 5.69 Å². The number of carboxylic acids is 1. The summed E-state index contributed by atoms with van der Waals surface area (Å²) in [7, 11) is 0. The monoisotopic (exact) mass is 285 g/mol. The quantitative estimate of drug-likeness (QED) is 0.831. The Morgan fingerprint density at radius 2 is 1.22 bits per heavy atom. The predicted octanol–water partition coefficient (Wildman–Crippen LogP) is 3.48. The zero-order valence-corrected chi connectivity index (χ0v) is 11.0. The van der Waals surface area contributed by atoms with Crippen LogP contribution < -0.4 is 5.73 Å². The summed E-state index contributed by atoms with van der Waals surface area (Å²) in [6.07, 6.45) is 0. The van der Waals surface area contributed by atoms with E-state index in [1.807, 2.05) is 24.3 Å². The van der Waals surface area contributed by atoms with E-state index in [1.165, 1.54) is 0 Å². The van der Waals surface area contributed by atoms with Crippen LogP contribution in [0.4, 0.5) is 5.69 Å². The van der Waals surface area contributed by atoms with E-state index >= 15 is 0 Å².